The minimum absolute atomic E-state index is 0.0823. The van der Waals surface area contributed by atoms with Crippen molar-refractivity contribution in [1.82, 2.24) is 14.5 Å². The largest absolute Gasteiger partial charge is 0.460 e. The summed E-state index contributed by atoms with van der Waals surface area (Å²) in [7, 11) is 0. The first-order valence-electron chi connectivity index (χ1n) is 13.3. The third-order valence-electron chi connectivity index (χ3n) is 6.15. The molecular weight excluding hydrogens is 494 g/mol. The highest BCUT2D eigenvalue weighted by molar-refractivity contribution is 5.88. The summed E-state index contributed by atoms with van der Waals surface area (Å²) in [6, 6.07) is 14.4. The average Bonchev–Trinajstić information content (AvgIpc) is 3.32. The minimum Gasteiger partial charge on any atom is -0.460 e. The highest BCUT2D eigenvalue weighted by Crippen LogP contribution is 2.34. The molecule has 0 N–H and O–H groups in total. The fraction of sp³-hybridized carbons (Fsp3) is 0.419. The first kappa shape index (κ1) is 28.1. The maximum absolute atomic E-state index is 14.2. The van der Waals surface area contributed by atoms with Crippen molar-refractivity contribution in [3.05, 3.63) is 76.3 Å². The molecule has 8 nitrogen and oxygen atoms in total. The molecule has 0 saturated carbocycles. The van der Waals surface area contributed by atoms with E-state index < -0.39 is 23.3 Å². The Morgan fingerprint density at radius 3 is 2.33 bits per heavy atom. The second kappa shape index (κ2) is 11.0. The number of para-hydroxylation sites is 1. The van der Waals surface area contributed by atoms with Gasteiger partial charge < -0.3 is 9.47 Å². The lowest BCUT2D eigenvalue weighted by atomic mass is 10.1. The maximum atomic E-state index is 14.2. The normalized spacial score (nSPS) is 16.2. The number of amides is 1. The van der Waals surface area contributed by atoms with Crippen LogP contribution in [0.1, 0.15) is 78.2 Å². The number of aromatic nitrogens is 2. The fourth-order valence-corrected chi connectivity index (χ4v) is 4.70. The first-order chi connectivity index (χ1) is 18.3. The zero-order valence-electron chi connectivity index (χ0n) is 23.6. The highest BCUT2D eigenvalue weighted by Gasteiger charge is 2.36. The Hall–Kier alpha value is -3.94. The SMILES string of the molecule is CC(C)(C)OC(=O)CC=Cc1cccc2nc([C@@H]3CCCN3C(=O)OC(C)(C)C)n(-c3ccccc3)c(=O)c12. The molecule has 1 aromatic heterocycles. The van der Waals surface area contributed by atoms with Crippen molar-refractivity contribution >= 4 is 29.0 Å². The van der Waals surface area contributed by atoms with E-state index in [0.29, 0.717) is 40.9 Å². The summed E-state index contributed by atoms with van der Waals surface area (Å²) in [5.41, 5.74) is 0.394. The molecule has 0 unspecified atom stereocenters. The molecule has 0 aliphatic carbocycles. The number of hydrogen-bond acceptors (Lipinski definition) is 6. The van der Waals surface area contributed by atoms with E-state index in [0.717, 1.165) is 6.42 Å². The number of esters is 1. The second-order valence-corrected chi connectivity index (χ2v) is 11.7. The van der Waals surface area contributed by atoms with Crippen LogP contribution in [-0.4, -0.2) is 44.3 Å². The molecule has 1 saturated heterocycles. The molecule has 0 spiro atoms. The predicted octanol–water partition coefficient (Wildman–Crippen LogP) is 6.20. The van der Waals surface area contributed by atoms with Gasteiger partial charge in [-0.05, 0) is 78.1 Å². The van der Waals surface area contributed by atoms with E-state index in [1.165, 1.54) is 0 Å². The quantitative estimate of drug-likeness (QED) is 0.364. The van der Waals surface area contributed by atoms with Crippen LogP contribution in [0.4, 0.5) is 4.79 Å². The summed E-state index contributed by atoms with van der Waals surface area (Å²) in [4.78, 5) is 46.1. The van der Waals surface area contributed by atoms with E-state index in [1.807, 2.05) is 84.0 Å². The van der Waals surface area contributed by atoms with Crippen LogP contribution in [0.25, 0.3) is 22.7 Å². The van der Waals surface area contributed by atoms with Gasteiger partial charge in [-0.1, -0.05) is 42.5 Å². The number of rotatable bonds is 5. The van der Waals surface area contributed by atoms with E-state index in [-0.39, 0.29) is 17.9 Å². The van der Waals surface area contributed by atoms with Gasteiger partial charge in [0.05, 0.1) is 29.1 Å². The Balaban J connectivity index is 1.81. The molecule has 4 rings (SSSR count). The standard InChI is InChI=1S/C31H37N3O5/c1-30(2,3)38-25(35)19-11-14-21-13-10-17-23-26(21)28(36)34(22-15-8-7-9-16-22)27(32-23)24-18-12-20-33(24)29(37)39-31(4,5)6/h7-11,13-17,24H,12,18-20H2,1-6H3/t24-/m0/s1. The van der Waals surface area contributed by atoms with Gasteiger partial charge in [0, 0.05) is 6.54 Å². The van der Waals surface area contributed by atoms with Gasteiger partial charge >= 0.3 is 12.1 Å². The van der Waals surface area contributed by atoms with Gasteiger partial charge in [-0.25, -0.2) is 9.78 Å². The number of hydrogen-bond donors (Lipinski definition) is 0. The summed E-state index contributed by atoms with van der Waals surface area (Å²) in [5, 5.41) is 0.437. The average molecular weight is 532 g/mol. The van der Waals surface area contributed by atoms with Crippen LogP contribution < -0.4 is 5.56 Å². The van der Waals surface area contributed by atoms with Gasteiger partial charge in [-0.2, -0.15) is 0 Å². The van der Waals surface area contributed by atoms with Crippen LogP contribution in [0.2, 0.25) is 0 Å². The Morgan fingerprint density at radius 2 is 1.67 bits per heavy atom. The number of likely N-dealkylation sites (tertiary alicyclic amines) is 1. The van der Waals surface area contributed by atoms with E-state index in [9.17, 15) is 14.4 Å². The number of fused-ring (bicyclic) bond motifs is 1. The molecule has 206 valence electrons. The van der Waals surface area contributed by atoms with Crippen LogP contribution in [0.3, 0.4) is 0 Å². The smallest absolute Gasteiger partial charge is 0.410 e. The molecule has 1 aliphatic heterocycles. The molecule has 3 aromatic rings. The number of benzene rings is 2. The van der Waals surface area contributed by atoms with E-state index >= 15 is 0 Å². The van der Waals surface area contributed by atoms with Gasteiger partial charge in [0.15, 0.2) is 0 Å². The number of nitrogens with zero attached hydrogens (tertiary/aromatic N) is 3. The second-order valence-electron chi connectivity index (χ2n) is 11.7. The van der Waals surface area contributed by atoms with E-state index in [4.69, 9.17) is 14.5 Å². The lowest BCUT2D eigenvalue weighted by Crippen LogP contribution is -2.38. The van der Waals surface area contributed by atoms with Crippen LogP contribution in [0.15, 0.2) is 59.4 Å². The zero-order valence-corrected chi connectivity index (χ0v) is 23.6. The van der Waals surface area contributed by atoms with Crippen LogP contribution in [0, 0.1) is 0 Å². The molecule has 2 aromatic carbocycles. The van der Waals surface area contributed by atoms with Gasteiger partial charge in [0.1, 0.15) is 17.0 Å². The molecular formula is C31H37N3O5. The first-order valence-corrected chi connectivity index (χ1v) is 13.3. The molecule has 39 heavy (non-hydrogen) atoms. The van der Waals surface area contributed by atoms with Gasteiger partial charge in [-0.3, -0.25) is 19.1 Å². The zero-order chi connectivity index (χ0) is 28.4. The Kier molecular flexibility index (Phi) is 7.95. The molecule has 1 atom stereocenters. The predicted molar refractivity (Wildman–Crippen MR) is 152 cm³/mol. The van der Waals surface area contributed by atoms with Crippen LogP contribution >= 0.6 is 0 Å². The van der Waals surface area contributed by atoms with E-state index in [2.05, 4.69) is 0 Å². The van der Waals surface area contributed by atoms with Crippen molar-refractivity contribution in [2.75, 3.05) is 6.54 Å². The molecule has 8 heteroatoms. The molecule has 1 amide bonds. The highest BCUT2D eigenvalue weighted by atomic mass is 16.6. The third kappa shape index (κ3) is 6.74. The Morgan fingerprint density at radius 1 is 0.974 bits per heavy atom. The number of carbonyl (C=O) groups excluding carboxylic acids is 2. The number of ether oxygens (including phenoxy) is 2. The summed E-state index contributed by atoms with van der Waals surface area (Å²) in [6.07, 6.45) is 4.56. The minimum atomic E-state index is -0.638. The van der Waals surface area contributed by atoms with E-state index in [1.54, 1.807) is 27.7 Å². The molecule has 0 bridgehead atoms. The van der Waals surface area contributed by atoms with Crippen LogP contribution in [-0.2, 0) is 14.3 Å². The van der Waals surface area contributed by atoms with Crippen molar-refractivity contribution in [2.24, 2.45) is 0 Å². The van der Waals surface area contributed by atoms with Crippen LogP contribution in [0.5, 0.6) is 0 Å². The topological polar surface area (TPSA) is 90.7 Å². The lowest BCUT2D eigenvalue weighted by Gasteiger charge is -2.29. The van der Waals surface area contributed by atoms with Gasteiger partial charge in [-0.15, -0.1) is 0 Å². The maximum Gasteiger partial charge on any atom is 0.410 e. The van der Waals surface area contributed by atoms with Crippen molar-refractivity contribution in [3.8, 4) is 5.69 Å². The molecule has 0 radical (unpaired) electrons. The van der Waals surface area contributed by atoms with Crippen molar-refractivity contribution < 1.29 is 19.1 Å². The summed E-state index contributed by atoms with van der Waals surface area (Å²) in [5.74, 6) is 0.154. The fourth-order valence-electron chi connectivity index (χ4n) is 4.70. The summed E-state index contributed by atoms with van der Waals surface area (Å²) in [6.45, 7) is 11.5. The Labute approximate surface area is 229 Å². The van der Waals surface area contributed by atoms with Crippen molar-refractivity contribution in [3.63, 3.8) is 0 Å². The monoisotopic (exact) mass is 531 g/mol. The summed E-state index contributed by atoms with van der Waals surface area (Å²) < 4.78 is 12.7. The molecule has 1 aliphatic rings. The van der Waals surface area contributed by atoms with Gasteiger partial charge in [0.2, 0.25) is 0 Å². The molecule has 1 fully saturated rings. The number of carbonyl (C=O) groups is 2. The van der Waals surface area contributed by atoms with Crippen molar-refractivity contribution in [1.29, 1.82) is 0 Å². The van der Waals surface area contributed by atoms with Crippen molar-refractivity contribution in [2.45, 2.75) is 78.0 Å². The Bertz CT molecular complexity index is 1450. The lowest BCUT2D eigenvalue weighted by molar-refractivity contribution is -0.153. The third-order valence-corrected chi connectivity index (χ3v) is 6.15. The molecule has 2 heterocycles. The van der Waals surface area contributed by atoms with Gasteiger partial charge in [0.25, 0.3) is 5.56 Å². The summed E-state index contributed by atoms with van der Waals surface area (Å²) >= 11 is 0.